The molecule has 0 saturated heterocycles. The monoisotopic (exact) mass is 317 g/mol. The van der Waals surface area contributed by atoms with Crippen LogP contribution in [0.5, 0.6) is 0 Å². The molecule has 1 aromatic carbocycles. The standard InChI is InChI=1S/C18H24FN3O/c1-12(14-7-5-6-8-15(14)19)22(13-9-10-13)11-16-20-21-17(23-16)18(2,3)4/h5-8,12-13H,9-11H2,1-4H3/t12-/m1/s1. The van der Waals surface area contributed by atoms with Crippen LogP contribution in [-0.2, 0) is 12.0 Å². The lowest BCUT2D eigenvalue weighted by molar-refractivity contribution is 0.166. The Hall–Kier alpha value is -1.75. The summed E-state index contributed by atoms with van der Waals surface area (Å²) in [6.45, 7) is 8.74. The molecule has 1 atom stereocenters. The highest BCUT2D eigenvalue weighted by atomic mass is 19.1. The quantitative estimate of drug-likeness (QED) is 0.827. The largest absolute Gasteiger partial charge is 0.423 e. The Balaban J connectivity index is 1.80. The molecule has 23 heavy (non-hydrogen) atoms. The van der Waals surface area contributed by atoms with E-state index in [0.29, 0.717) is 24.4 Å². The van der Waals surface area contributed by atoms with Crippen LogP contribution in [0, 0.1) is 5.82 Å². The van der Waals surface area contributed by atoms with Crippen molar-refractivity contribution < 1.29 is 8.81 Å². The third-order valence-corrected chi connectivity index (χ3v) is 4.29. The second-order valence-corrected chi connectivity index (χ2v) is 7.35. The van der Waals surface area contributed by atoms with Crippen molar-refractivity contribution in [1.82, 2.24) is 15.1 Å². The summed E-state index contributed by atoms with van der Waals surface area (Å²) in [6.07, 6.45) is 2.28. The highest BCUT2D eigenvalue weighted by Crippen LogP contribution is 2.36. The van der Waals surface area contributed by atoms with Gasteiger partial charge in [0.1, 0.15) is 5.82 Å². The molecule has 5 heteroatoms. The third kappa shape index (κ3) is 3.61. The predicted molar refractivity (Wildman–Crippen MR) is 86.4 cm³/mol. The lowest BCUT2D eigenvalue weighted by Crippen LogP contribution is -2.29. The predicted octanol–water partition coefficient (Wildman–Crippen LogP) is 4.23. The van der Waals surface area contributed by atoms with Gasteiger partial charge in [-0.1, -0.05) is 39.0 Å². The first-order valence-corrected chi connectivity index (χ1v) is 8.19. The average Bonchev–Trinajstić information content (AvgIpc) is 3.21. The smallest absolute Gasteiger partial charge is 0.230 e. The number of benzene rings is 1. The number of rotatable bonds is 5. The first-order chi connectivity index (χ1) is 10.9. The lowest BCUT2D eigenvalue weighted by Gasteiger charge is -2.28. The van der Waals surface area contributed by atoms with Gasteiger partial charge in [-0.3, -0.25) is 4.90 Å². The van der Waals surface area contributed by atoms with Crippen LogP contribution < -0.4 is 0 Å². The number of halogens is 1. The maximum Gasteiger partial charge on any atom is 0.230 e. The maximum atomic E-state index is 14.1. The molecule has 1 heterocycles. The molecule has 0 unspecified atom stereocenters. The van der Waals surface area contributed by atoms with Crippen LogP contribution in [0.4, 0.5) is 4.39 Å². The van der Waals surface area contributed by atoms with Gasteiger partial charge >= 0.3 is 0 Å². The Morgan fingerprint density at radius 2 is 1.96 bits per heavy atom. The lowest BCUT2D eigenvalue weighted by atomic mass is 9.97. The fraction of sp³-hybridized carbons (Fsp3) is 0.556. The van der Waals surface area contributed by atoms with E-state index in [-0.39, 0.29) is 17.3 Å². The Kier molecular flexibility index (Phi) is 4.23. The summed E-state index contributed by atoms with van der Waals surface area (Å²) in [4.78, 5) is 2.26. The summed E-state index contributed by atoms with van der Waals surface area (Å²) >= 11 is 0. The first-order valence-electron chi connectivity index (χ1n) is 8.19. The molecule has 0 spiro atoms. The zero-order valence-corrected chi connectivity index (χ0v) is 14.2. The Morgan fingerprint density at radius 3 is 2.52 bits per heavy atom. The van der Waals surface area contributed by atoms with Crippen molar-refractivity contribution in [2.24, 2.45) is 0 Å². The molecule has 2 aromatic rings. The number of nitrogens with zero attached hydrogens (tertiary/aromatic N) is 3. The maximum absolute atomic E-state index is 14.1. The number of hydrogen-bond acceptors (Lipinski definition) is 4. The van der Waals surface area contributed by atoms with Crippen LogP contribution in [0.25, 0.3) is 0 Å². The Labute approximate surface area is 136 Å². The van der Waals surface area contributed by atoms with E-state index in [9.17, 15) is 4.39 Å². The van der Waals surface area contributed by atoms with Crippen molar-refractivity contribution >= 4 is 0 Å². The van der Waals surface area contributed by atoms with Crippen molar-refractivity contribution in [2.75, 3.05) is 0 Å². The van der Waals surface area contributed by atoms with Crippen molar-refractivity contribution in [2.45, 2.75) is 64.6 Å². The van der Waals surface area contributed by atoms with E-state index in [1.807, 2.05) is 39.8 Å². The van der Waals surface area contributed by atoms with Crippen LogP contribution >= 0.6 is 0 Å². The molecule has 1 saturated carbocycles. The minimum Gasteiger partial charge on any atom is -0.423 e. The van der Waals surface area contributed by atoms with Crippen molar-refractivity contribution in [1.29, 1.82) is 0 Å². The van der Waals surface area contributed by atoms with Crippen molar-refractivity contribution in [3.63, 3.8) is 0 Å². The van der Waals surface area contributed by atoms with Gasteiger partial charge in [0.25, 0.3) is 0 Å². The zero-order valence-electron chi connectivity index (χ0n) is 14.2. The Bertz CT molecular complexity index is 673. The second kappa shape index (κ2) is 6.04. The molecule has 124 valence electrons. The molecule has 0 N–H and O–H groups in total. The third-order valence-electron chi connectivity index (χ3n) is 4.29. The van der Waals surface area contributed by atoms with Crippen LogP contribution in [0.15, 0.2) is 28.7 Å². The summed E-state index contributed by atoms with van der Waals surface area (Å²) in [7, 11) is 0. The van der Waals surface area contributed by atoms with E-state index in [0.717, 1.165) is 18.4 Å². The number of aromatic nitrogens is 2. The molecule has 0 aliphatic heterocycles. The number of hydrogen-bond donors (Lipinski definition) is 0. The van der Waals surface area contributed by atoms with E-state index >= 15 is 0 Å². The zero-order chi connectivity index (χ0) is 16.6. The normalized spacial score (nSPS) is 16.8. The van der Waals surface area contributed by atoms with Gasteiger partial charge in [0.2, 0.25) is 11.8 Å². The SMILES string of the molecule is C[C@H](c1ccccc1F)N(Cc1nnc(C(C)(C)C)o1)C1CC1. The van der Waals surface area contributed by atoms with E-state index in [1.165, 1.54) is 6.07 Å². The highest BCUT2D eigenvalue weighted by molar-refractivity contribution is 5.21. The van der Waals surface area contributed by atoms with Gasteiger partial charge in [-0.25, -0.2) is 4.39 Å². The fourth-order valence-corrected chi connectivity index (χ4v) is 2.76. The van der Waals surface area contributed by atoms with E-state index in [1.54, 1.807) is 6.07 Å². The minimum atomic E-state index is -0.161. The molecule has 4 nitrogen and oxygen atoms in total. The van der Waals surface area contributed by atoms with Crippen LogP contribution in [-0.4, -0.2) is 21.1 Å². The molecule has 0 amide bonds. The summed E-state index contributed by atoms with van der Waals surface area (Å²) in [6, 6.07) is 7.42. The van der Waals surface area contributed by atoms with Gasteiger partial charge in [-0.05, 0) is 25.8 Å². The summed E-state index contributed by atoms with van der Waals surface area (Å²) in [5, 5.41) is 8.33. The molecular weight excluding hydrogens is 293 g/mol. The molecule has 0 bridgehead atoms. The fourth-order valence-electron chi connectivity index (χ4n) is 2.76. The van der Waals surface area contributed by atoms with Gasteiger partial charge in [0.05, 0.1) is 6.54 Å². The highest BCUT2D eigenvalue weighted by Gasteiger charge is 2.35. The second-order valence-electron chi connectivity index (χ2n) is 7.35. The molecule has 1 aliphatic rings. The minimum absolute atomic E-state index is 0.0197. The van der Waals surface area contributed by atoms with Gasteiger partial charge < -0.3 is 4.42 Å². The van der Waals surface area contributed by atoms with Crippen LogP contribution in [0.2, 0.25) is 0 Å². The van der Waals surface area contributed by atoms with Gasteiger partial charge in [0, 0.05) is 23.1 Å². The first kappa shape index (κ1) is 16.1. The van der Waals surface area contributed by atoms with Crippen LogP contribution in [0.1, 0.15) is 63.9 Å². The topological polar surface area (TPSA) is 42.2 Å². The molecule has 0 radical (unpaired) electrons. The summed E-state index contributed by atoms with van der Waals surface area (Å²) in [5.74, 6) is 1.08. The Morgan fingerprint density at radius 1 is 1.26 bits per heavy atom. The van der Waals surface area contributed by atoms with Crippen molar-refractivity contribution in [3.8, 4) is 0 Å². The molecule has 1 aliphatic carbocycles. The molecule has 3 rings (SSSR count). The average molecular weight is 317 g/mol. The van der Waals surface area contributed by atoms with E-state index < -0.39 is 0 Å². The molecule has 1 fully saturated rings. The van der Waals surface area contributed by atoms with E-state index in [4.69, 9.17) is 4.42 Å². The summed E-state index contributed by atoms with van der Waals surface area (Å²) < 4.78 is 19.9. The van der Waals surface area contributed by atoms with Gasteiger partial charge in [-0.15, -0.1) is 10.2 Å². The van der Waals surface area contributed by atoms with Crippen molar-refractivity contribution in [3.05, 3.63) is 47.4 Å². The van der Waals surface area contributed by atoms with Crippen LogP contribution in [0.3, 0.4) is 0 Å². The summed E-state index contributed by atoms with van der Waals surface area (Å²) in [5.41, 5.74) is 0.558. The van der Waals surface area contributed by atoms with E-state index in [2.05, 4.69) is 15.1 Å². The van der Waals surface area contributed by atoms with Gasteiger partial charge in [-0.2, -0.15) is 0 Å². The molecular formula is C18H24FN3O. The van der Waals surface area contributed by atoms with Gasteiger partial charge in [0.15, 0.2) is 0 Å². The molecule has 1 aromatic heterocycles.